The molecule has 3 rings (SSSR count). The third kappa shape index (κ3) is 3.79. The Kier molecular flexibility index (Phi) is 5.52. The normalized spacial score (nSPS) is 17.3. The van der Waals surface area contributed by atoms with Gasteiger partial charge >= 0.3 is 0 Å². The van der Waals surface area contributed by atoms with Crippen LogP contribution in [0.3, 0.4) is 0 Å². The summed E-state index contributed by atoms with van der Waals surface area (Å²) in [5.41, 5.74) is 0.582. The highest BCUT2D eigenvalue weighted by molar-refractivity contribution is 7.99. The maximum atomic E-state index is 12.9. The second-order valence-electron chi connectivity index (χ2n) is 5.70. The number of nitrogens with zero attached hydrogens (tertiary/aromatic N) is 2. The number of aromatic nitrogens is 2. The van der Waals surface area contributed by atoms with Crippen molar-refractivity contribution >= 4 is 28.6 Å². The minimum absolute atomic E-state index is 0.0366. The first-order chi connectivity index (χ1) is 11.7. The van der Waals surface area contributed by atoms with Gasteiger partial charge in [0.1, 0.15) is 0 Å². The molecule has 0 aliphatic carbocycles. The van der Waals surface area contributed by atoms with Crippen molar-refractivity contribution in [2.45, 2.75) is 37.6 Å². The summed E-state index contributed by atoms with van der Waals surface area (Å²) in [6, 6.07) is 7.30. The van der Waals surface area contributed by atoms with Crippen LogP contribution in [0.2, 0.25) is 0 Å². The van der Waals surface area contributed by atoms with Crippen molar-refractivity contribution in [1.82, 2.24) is 14.9 Å². The van der Waals surface area contributed by atoms with Crippen LogP contribution in [0.15, 0.2) is 34.2 Å². The molecule has 0 saturated carbocycles. The molecular formula is C17H21N3O3S. The Labute approximate surface area is 144 Å². The van der Waals surface area contributed by atoms with Gasteiger partial charge in [-0.05, 0) is 31.9 Å². The molecule has 2 aromatic rings. The average Bonchev–Trinajstić information content (AvgIpc) is 3.09. The van der Waals surface area contributed by atoms with Crippen LogP contribution in [0.1, 0.15) is 19.8 Å². The maximum Gasteiger partial charge on any atom is 0.262 e. The van der Waals surface area contributed by atoms with Gasteiger partial charge in [-0.1, -0.05) is 23.9 Å². The number of benzene rings is 1. The minimum Gasteiger partial charge on any atom is -0.376 e. The SMILES string of the molecule is CCNC(=O)CSc1nc2ccccc2c(=O)n1C[C@H]1CCCO1. The zero-order chi connectivity index (χ0) is 16.9. The highest BCUT2D eigenvalue weighted by Crippen LogP contribution is 2.20. The van der Waals surface area contributed by atoms with E-state index in [-0.39, 0.29) is 23.3 Å². The topological polar surface area (TPSA) is 73.2 Å². The summed E-state index contributed by atoms with van der Waals surface area (Å²) < 4.78 is 7.32. The van der Waals surface area contributed by atoms with Crippen molar-refractivity contribution in [3.05, 3.63) is 34.6 Å². The molecule has 1 atom stereocenters. The Morgan fingerprint density at radius 1 is 1.46 bits per heavy atom. The first-order valence-electron chi connectivity index (χ1n) is 8.19. The molecule has 2 heterocycles. The van der Waals surface area contributed by atoms with Gasteiger partial charge in [-0.2, -0.15) is 0 Å². The third-order valence-electron chi connectivity index (χ3n) is 3.94. The number of thioether (sulfide) groups is 1. The summed E-state index contributed by atoms with van der Waals surface area (Å²) >= 11 is 1.29. The van der Waals surface area contributed by atoms with Crippen molar-refractivity contribution in [2.24, 2.45) is 0 Å². The van der Waals surface area contributed by atoms with Gasteiger partial charge in [-0.25, -0.2) is 4.98 Å². The van der Waals surface area contributed by atoms with Gasteiger partial charge < -0.3 is 10.1 Å². The minimum atomic E-state index is -0.0745. The lowest BCUT2D eigenvalue weighted by Crippen LogP contribution is -2.30. The zero-order valence-electron chi connectivity index (χ0n) is 13.7. The molecule has 24 heavy (non-hydrogen) atoms. The second kappa shape index (κ2) is 7.81. The summed E-state index contributed by atoms with van der Waals surface area (Å²) in [5, 5.41) is 3.93. The van der Waals surface area contributed by atoms with E-state index in [9.17, 15) is 9.59 Å². The summed E-state index contributed by atoms with van der Waals surface area (Å²) in [4.78, 5) is 29.2. The van der Waals surface area contributed by atoms with Gasteiger partial charge in [0.05, 0.1) is 29.3 Å². The van der Waals surface area contributed by atoms with Gasteiger partial charge in [0.2, 0.25) is 5.91 Å². The first kappa shape index (κ1) is 17.0. The fourth-order valence-electron chi connectivity index (χ4n) is 2.79. The molecule has 1 saturated heterocycles. The molecule has 1 N–H and O–H groups in total. The average molecular weight is 347 g/mol. The zero-order valence-corrected chi connectivity index (χ0v) is 14.5. The van der Waals surface area contributed by atoms with Crippen LogP contribution in [-0.2, 0) is 16.1 Å². The van der Waals surface area contributed by atoms with Crippen molar-refractivity contribution < 1.29 is 9.53 Å². The van der Waals surface area contributed by atoms with E-state index >= 15 is 0 Å². The van der Waals surface area contributed by atoms with Crippen molar-refractivity contribution in [3.8, 4) is 0 Å². The number of rotatable bonds is 6. The van der Waals surface area contributed by atoms with E-state index in [4.69, 9.17) is 4.74 Å². The lowest BCUT2D eigenvalue weighted by Gasteiger charge is -2.16. The molecule has 1 aromatic heterocycles. The Balaban J connectivity index is 1.94. The molecule has 1 aromatic carbocycles. The molecular weight excluding hydrogens is 326 g/mol. The molecule has 1 amide bonds. The standard InChI is InChI=1S/C17H21N3O3S/c1-2-18-15(21)11-24-17-19-14-8-4-3-7-13(14)16(22)20(17)10-12-6-5-9-23-12/h3-4,7-8,12H,2,5-6,9-11H2,1H3,(H,18,21)/t12-/m1/s1. The van der Waals surface area contributed by atoms with Crippen molar-refractivity contribution in [1.29, 1.82) is 0 Å². The predicted molar refractivity (Wildman–Crippen MR) is 94.4 cm³/mol. The Bertz CT molecular complexity index is 784. The molecule has 1 fully saturated rings. The van der Waals surface area contributed by atoms with Crippen LogP contribution in [-0.4, -0.2) is 40.5 Å². The highest BCUT2D eigenvalue weighted by Gasteiger charge is 2.20. The lowest BCUT2D eigenvalue weighted by atomic mass is 10.2. The van der Waals surface area contributed by atoms with E-state index in [1.54, 1.807) is 10.6 Å². The van der Waals surface area contributed by atoms with Crippen LogP contribution in [0, 0.1) is 0 Å². The molecule has 7 heteroatoms. The number of amides is 1. The van der Waals surface area contributed by atoms with Crippen LogP contribution in [0.5, 0.6) is 0 Å². The van der Waals surface area contributed by atoms with Gasteiger partial charge in [-0.15, -0.1) is 0 Å². The summed E-state index contributed by atoms with van der Waals surface area (Å²) in [6.45, 7) is 3.69. The van der Waals surface area contributed by atoms with E-state index in [2.05, 4.69) is 10.3 Å². The lowest BCUT2D eigenvalue weighted by molar-refractivity contribution is -0.118. The Hall–Kier alpha value is -1.86. The van der Waals surface area contributed by atoms with Crippen LogP contribution in [0.4, 0.5) is 0 Å². The number of hydrogen-bond donors (Lipinski definition) is 1. The maximum absolute atomic E-state index is 12.9. The fraction of sp³-hybridized carbons (Fsp3) is 0.471. The molecule has 0 bridgehead atoms. The molecule has 128 valence electrons. The van der Waals surface area contributed by atoms with E-state index in [0.29, 0.717) is 29.1 Å². The van der Waals surface area contributed by atoms with Crippen LogP contribution < -0.4 is 10.9 Å². The largest absolute Gasteiger partial charge is 0.376 e. The number of hydrogen-bond acceptors (Lipinski definition) is 5. The Morgan fingerprint density at radius 2 is 2.29 bits per heavy atom. The molecule has 0 spiro atoms. The molecule has 1 aliphatic heterocycles. The quantitative estimate of drug-likeness (QED) is 0.637. The smallest absolute Gasteiger partial charge is 0.262 e. The van der Waals surface area contributed by atoms with E-state index in [0.717, 1.165) is 19.4 Å². The number of para-hydroxylation sites is 1. The third-order valence-corrected chi connectivity index (χ3v) is 4.92. The highest BCUT2D eigenvalue weighted by atomic mass is 32.2. The van der Waals surface area contributed by atoms with E-state index < -0.39 is 0 Å². The number of fused-ring (bicyclic) bond motifs is 1. The van der Waals surface area contributed by atoms with Crippen molar-refractivity contribution in [2.75, 3.05) is 18.9 Å². The van der Waals surface area contributed by atoms with E-state index in [1.165, 1.54) is 11.8 Å². The molecule has 0 unspecified atom stereocenters. The number of ether oxygens (including phenoxy) is 1. The van der Waals surface area contributed by atoms with Gasteiger partial charge in [0.15, 0.2) is 5.16 Å². The fourth-order valence-corrected chi connectivity index (χ4v) is 3.63. The second-order valence-corrected chi connectivity index (χ2v) is 6.65. The molecule has 6 nitrogen and oxygen atoms in total. The van der Waals surface area contributed by atoms with Crippen molar-refractivity contribution in [3.63, 3.8) is 0 Å². The summed E-state index contributed by atoms with van der Waals surface area (Å²) in [6.07, 6.45) is 2.00. The summed E-state index contributed by atoms with van der Waals surface area (Å²) in [7, 11) is 0. The first-order valence-corrected chi connectivity index (χ1v) is 9.18. The van der Waals surface area contributed by atoms with Gasteiger partial charge in [0, 0.05) is 13.2 Å². The van der Waals surface area contributed by atoms with E-state index in [1.807, 2.05) is 25.1 Å². The van der Waals surface area contributed by atoms with Crippen LogP contribution >= 0.6 is 11.8 Å². The number of carbonyl (C=O) groups excluding carboxylic acids is 1. The summed E-state index contributed by atoms with van der Waals surface area (Å²) in [5.74, 6) is 0.179. The van der Waals surface area contributed by atoms with Crippen LogP contribution in [0.25, 0.3) is 10.9 Å². The van der Waals surface area contributed by atoms with Gasteiger partial charge in [0.25, 0.3) is 5.56 Å². The monoisotopic (exact) mass is 347 g/mol. The Morgan fingerprint density at radius 3 is 3.04 bits per heavy atom. The number of carbonyl (C=O) groups is 1. The van der Waals surface area contributed by atoms with Gasteiger partial charge in [-0.3, -0.25) is 14.2 Å². The number of nitrogens with one attached hydrogen (secondary N) is 1. The molecule has 0 radical (unpaired) electrons. The predicted octanol–water partition coefficient (Wildman–Crippen LogP) is 1.80. The molecule has 1 aliphatic rings.